The van der Waals surface area contributed by atoms with Crippen molar-refractivity contribution >= 4 is 26.5 Å². The Morgan fingerprint density at radius 1 is 1.25 bits per heavy atom. The predicted molar refractivity (Wildman–Crippen MR) is 75.1 cm³/mol. The topological polar surface area (TPSA) is 21.7 Å². The number of hydrogen-bond donors (Lipinski definition) is 0. The molecule has 0 amide bonds. The van der Waals surface area contributed by atoms with Gasteiger partial charge < -0.3 is 4.74 Å². The van der Waals surface area contributed by atoms with Crippen molar-refractivity contribution in [1.29, 1.82) is 0 Å². The summed E-state index contributed by atoms with van der Waals surface area (Å²) in [6.45, 7) is 12.6. The van der Waals surface area contributed by atoms with Gasteiger partial charge in [0.25, 0.3) is 0 Å². The summed E-state index contributed by atoms with van der Waals surface area (Å²) in [5.41, 5.74) is 0. The number of ether oxygens (including phenoxy) is 1. The first kappa shape index (κ1) is 16.4. The summed E-state index contributed by atoms with van der Waals surface area (Å²) in [6.07, 6.45) is 0. The van der Waals surface area contributed by atoms with Crippen LogP contribution < -0.4 is 0 Å². The highest BCUT2D eigenvalue weighted by Crippen LogP contribution is 2.14. The second-order valence-corrected chi connectivity index (χ2v) is 5.65. The lowest BCUT2D eigenvalue weighted by atomic mass is 10.2. The molecule has 5 heteroatoms. The number of hydrogen-bond acceptors (Lipinski definition) is 4. The van der Waals surface area contributed by atoms with Crippen LogP contribution in [-0.4, -0.2) is 41.9 Å². The average Bonchev–Trinajstić information content (AvgIpc) is 2.21. The van der Waals surface area contributed by atoms with Crippen molar-refractivity contribution in [2.75, 3.05) is 18.9 Å². The van der Waals surface area contributed by atoms with Crippen molar-refractivity contribution in [3.8, 4) is 0 Å². The van der Waals surface area contributed by atoms with E-state index in [0.29, 0.717) is 18.7 Å². The molecular weight excluding hydrogens is 241 g/mol. The molecule has 0 aliphatic heterocycles. The highest BCUT2D eigenvalue weighted by atomic mass is 32.2. The molecule has 0 aromatic rings. The van der Waals surface area contributed by atoms with Gasteiger partial charge in [0.2, 0.25) is 0 Å². The predicted octanol–water partition coefficient (Wildman–Crippen LogP) is 3.43. The molecule has 0 saturated heterocycles. The average molecular weight is 265 g/mol. The molecule has 0 bridgehead atoms. The van der Waals surface area contributed by atoms with Crippen LogP contribution in [0.25, 0.3) is 0 Å². The van der Waals surface area contributed by atoms with Crippen molar-refractivity contribution in [2.45, 2.75) is 46.7 Å². The van der Waals surface area contributed by atoms with E-state index in [2.05, 4.69) is 32.6 Å². The Balaban J connectivity index is 3.55. The summed E-state index contributed by atoms with van der Waals surface area (Å²) in [4.78, 5) is 2.46. The zero-order chi connectivity index (χ0) is 12.4. The van der Waals surface area contributed by atoms with E-state index in [0.717, 1.165) is 20.7 Å². The molecule has 0 radical (unpaired) electrons. The van der Waals surface area contributed by atoms with E-state index >= 15 is 0 Å². The molecule has 0 atom stereocenters. The van der Waals surface area contributed by atoms with Gasteiger partial charge in [0.1, 0.15) is 0 Å². The van der Waals surface area contributed by atoms with Gasteiger partial charge in [-0.2, -0.15) is 0 Å². The minimum Gasteiger partial charge on any atom is -0.347 e. The molecule has 16 heavy (non-hydrogen) atoms. The Kier molecular flexibility index (Phi) is 10.8. The highest BCUT2D eigenvalue weighted by Gasteiger charge is 2.12. The van der Waals surface area contributed by atoms with E-state index in [-0.39, 0.29) is 0 Å². The normalized spacial score (nSPS) is 12.5. The molecular formula is C11H24NO2PS. The molecule has 0 spiro atoms. The molecule has 0 N–H and O–H groups in total. The Morgan fingerprint density at radius 3 is 2.38 bits per heavy atom. The molecule has 96 valence electrons. The van der Waals surface area contributed by atoms with Gasteiger partial charge >= 0.3 is 0 Å². The standard InChI is InChI=1S/C11H24NO2PS/c1-6-13-9-15-14-16-8-7-12(10(2)3)11(4)5/h9-11H,6-8H2,1-5H3. The molecule has 0 aliphatic rings. The van der Waals surface area contributed by atoms with Crippen LogP contribution in [-0.2, 0) is 8.71 Å². The van der Waals surface area contributed by atoms with E-state index in [9.17, 15) is 0 Å². The third kappa shape index (κ3) is 8.54. The maximum Gasteiger partial charge on any atom is 0.0988 e. The van der Waals surface area contributed by atoms with Gasteiger partial charge in [0.05, 0.1) is 21.0 Å². The molecule has 0 unspecified atom stereocenters. The molecule has 0 aromatic heterocycles. The maximum absolute atomic E-state index is 5.33. The van der Waals surface area contributed by atoms with Gasteiger partial charge in [0.15, 0.2) is 0 Å². The van der Waals surface area contributed by atoms with Gasteiger partial charge in [-0.1, -0.05) is 0 Å². The minimum atomic E-state index is 0.591. The minimum absolute atomic E-state index is 0.591. The second-order valence-electron chi connectivity index (χ2n) is 3.99. The Labute approximate surface area is 106 Å². The summed E-state index contributed by atoms with van der Waals surface area (Å²) in [5.74, 6) is 2.67. The van der Waals surface area contributed by atoms with Gasteiger partial charge in [-0.25, -0.2) is 0 Å². The monoisotopic (exact) mass is 265 g/mol. The number of rotatable bonds is 9. The summed E-state index contributed by atoms with van der Waals surface area (Å²) < 4.78 is 10.4. The van der Waals surface area contributed by atoms with Crippen molar-refractivity contribution in [2.24, 2.45) is 0 Å². The Morgan fingerprint density at radius 2 is 1.88 bits per heavy atom. The Bertz CT molecular complexity index is 181. The molecule has 3 nitrogen and oxygen atoms in total. The number of nitrogens with zero attached hydrogens (tertiary/aromatic N) is 1. The quantitative estimate of drug-likeness (QED) is 0.362. The van der Waals surface area contributed by atoms with Crippen LogP contribution in [0.3, 0.4) is 0 Å². The molecule has 0 aliphatic carbocycles. The lowest BCUT2D eigenvalue weighted by Gasteiger charge is -2.29. The largest absolute Gasteiger partial charge is 0.347 e. The van der Waals surface area contributed by atoms with E-state index in [1.54, 1.807) is 5.98 Å². The molecule has 0 fully saturated rings. The lowest BCUT2D eigenvalue weighted by molar-refractivity contribution is 0.187. The third-order valence-corrected chi connectivity index (χ3v) is 3.49. The SMILES string of the molecule is CCOC=POSCCN(C(C)C)C(C)C. The van der Waals surface area contributed by atoms with Crippen molar-refractivity contribution < 1.29 is 8.71 Å². The van der Waals surface area contributed by atoms with E-state index < -0.39 is 0 Å². The zero-order valence-electron chi connectivity index (χ0n) is 11.0. The summed E-state index contributed by atoms with van der Waals surface area (Å²) >= 11 is 1.50. The van der Waals surface area contributed by atoms with Crippen LogP contribution in [0.2, 0.25) is 0 Å². The zero-order valence-corrected chi connectivity index (χ0v) is 12.7. The van der Waals surface area contributed by atoms with Crippen molar-refractivity contribution in [3.63, 3.8) is 0 Å². The molecule has 0 rings (SSSR count). The van der Waals surface area contributed by atoms with Gasteiger partial charge in [-0.15, -0.1) is 0 Å². The van der Waals surface area contributed by atoms with E-state index in [1.165, 1.54) is 12.0 Å². The first-order valence-electron chi connectivity index (χ1n) is 5.77. The van der Waals surface area contributed by atoms with Gasteiger partial charge in [0, 0.05) is 36.4 Å². The fourth-order valence-electron chi connectivity index (χ4n) is 1.45. The summed E-state index contributed by atoms with van der Waals surface area (Å²) in [7, 11) is 0.786. The van der Waals surface area contributed by atoms with Crippen LogP contribution in [0.4, 0.5) is 0 Å². The fourth-order valence-corrected chi connectivity index (χ4v) is 2.62. The maximum atomic E-state index is 5.33. The van der Waals surface area contributed by atoms with E-state index in [1.807, 2.05) is 6.92 Å². The first-order valence-corrected chi connectivity index (χ1v) is 7.56. The van der Waals surface area contributed by atoms with Crippen molar-refractivity contribution in [1.82, 2.24) is 4.90 Å². The van der Waals surface area contributed by atoms with Gasteiger partial charge in [-0.05, 0) is 34.6 Å². The summed E-state index contributed by atoms with van der Waals surface area (Å²) in [5, 5.41) is 0. The Hall–Kier alpha value is 0.400. The third-order valence-electron chi connectivity index (χ3n) is 2.14. The smallest absolute Gasteiger partial charge is 0.0988 e. The van der Waals surface area contributed by atoms with Crippen LogP contribution in [0.5, 0.6) is 0 Å². The van der Waals surface area contributed by atoms with Crippen LogP contribution in [0.1, 0.15) is 34.6 Å². The molecule has 0 aromatic carbocycles. The molecule has 0 heterocycles. The van der Waals surface area contributed by atoms with Gasteiger partial charge in [-0.3, -0.25) is 8.87 Å². The van der Waals surface area contributed by atoms with Crippen LogP contribution in [0.15, 0.2) is 0 Å². The van der Waals surface area contributed by atoms with Crippen LogP contribution >= 0.6 is 20.5 Å². The van der Waals surface area contributed by atoms with E-state index in [4.69, 9.17) is 8.71 Å². The summed E-state index contributed by atoms with van der Waals surface area (Å²) in [6, 6.07) is 1.18. The van der Waals surface area contributed by atoms with Crippen LogP contribution in [0, 0.1) is 0 Å². The first-order chi connectivity index (χ1) is 7.59. The second kappa shape index (κ2) is 10.5. The van der Waals surface area contributed by atoms with Crippen molar-refractivity contribution in [3.05, 3.63) is 0 Å². The highest BCUT2D eigenvalue weighted by molar-refractivity contribution is 7.97. The lowest BCUT2D eigenvalue weighted by Crippen LogP contribution is -2.38. The fraction of sp³-hybridized carbons (Fsp3) is 0.909. The molecule has 0 saturated carbocycles.